The fourth-order valence-corrected chi connectivity index (χ4v) is 3.31. The summed E-state index contributed by atoms with van der Waals surface area (Å²) in [6.07, 6.45) is 5.80. The van der Waals surface area contributed by atoms with Gasteiger partial charge >= 0.3 is 0 Å². The number of nitrogens with zero attached hydrogens (tertiary/aromatic N) is 3. The van der Waals surface area contributed by atoms with Crippen LogP contribution in [0.1, 0.15) is 30.4 Å². The number of methoxy groups -OCH3 is 1. The first-order valence-electron chi connectivity index (χ1n) is 8.99. The molecule has 1 atom stereocenters. The summed E-state index contributed by atoms with van der Waals surface area (Å²) < 4.78 is 11.0. The second kappa shape index (κ2) is 8.45. The molecule has 2 saturated heterocycles. The monoisotopic (exact) mass is 344 g/mol. The van der Waals surface area contributed by atoms with Gasteiger partial charge in [-0.2, -0.15) is 5.10 Å². The summed E-state index contributed by atoms with van der Waals surface area (Å²) in [6.45, 7) is 5.48. The van der Waals surface area contributed by atoms with Crippen molar-refractivity contribution < 1.29 is 9.47 Å². The maximum absolute atomic E-state index is 5.70. The van der Waals surface area contributed by atoms with E-state index in [2.05, 4.69) is 40.1 Å². The van der Waals surface area contributed by atoms with Gasteiger partial charge in [0.05, 0.1) is 18.8 Å². The smallest absolute Gasteiger partial charge is 0.108 e. The molecular formula is C19H28N4O2. The van der Waals surface area contributed by atoms with Crippen molar-refractivity contribution in [3.05, 3.63) is 29.3 Å². The summed E-state index contributed by atoms with van der Waals surface area (Å²) in [5.41, 5.74) is 4.07. The first-order valence-corrected chi connectivity index (χ1v) is 8.99. The van der Waals surface area contributed by atoms with Crippen molar-refractivity contribution in [1.29, 1.82) is 0 Å². The summed E-state index contributed by atoms with van der Waals surface area (Å²) in [6, 6.07) is 6.35. The molecule has 0 aliphatic carbocycles. The molecule has 6 heteroatoms. The Morgan fingerprint density at radius 1 is 1.40 bits per heavy atom. The number of benzene rings is 1. The van der Waals surface area contributed by atoms with Crippen LogP contribution in [0.3, 0.4) is 0 Å². The molecule has 1 aromatic carbocycles. The van der Waals surface area contributed by atoms with Gasteiger partial charge in [0.1, 0.15) is 5.71 Å². The number of hydrogen-bond donors (Lipinski definition) is 1. The normalized spacial score (nSPS) is 22.4. The largest absolute Gasteiger partial charge is 0.378 e. The van der Waals surface area contributed by atoms with Gasteiger partial charge in [0.15, 0.2) is 0 Å². The van der Waals surface area contributed by atoms with Crippen LogP contribution in [0.2, 0.25) is 0 Å². The van der Waals surface area contributed by atoms with Gasteiger partial charge < -0.3 is 20.2 Å². The minimum absolute atomic E-state index is 0.229. The lowest BCUT2D eigenvalue weighted by Crippen LogP contribution is -2.51. The van der Waals surface area contributed by atoms with Gasteiger partial charge in [-0.1, -0.05) is 6.07 Å². The SMILES string of the molecule is COC1CN(c2ccc(/C(C=NCC3CCCCO3)=N/N)c(C)c2)C1. The van der Waals surface area contributed by atoms with E-state index in [1.165, 1.54) is 12.1 Å². The summed E-state index contributed by atoms with van der Waals surface area (Å²) in [7, 11) is 1.76. The van der Waals surface area contributed by atoms with Crippen molar-refractivity contribution in [3.63, 3.8) is 0 Å². The quantitative estimate of drug-likeness (QED) is 0.487. The molecule has 0 radical (unpaired) electrons. The van der Waals surface area contributed by atoms with Crippen LogP contribution in [0.4, 0.5) is 5.69 Å². The number of nitrogens with two attached hydrogens (primary N) is 1. The lowest BCUT2D eigenvalue weighted by molar-refractivity contribution is 0.0226. The minimum atomic E-state index is 0.229. The van der Waals surface area contributed by atoms with E-state index < -0.39 is 0 Å². The Bertz CT molecular complexity index is 632. The molecule has 2 heterocycles. The highest BCUT2D eigenvalue weighted by Crippen LogP contribution is 2.25. The highest BCUT2D eigenvalue weighted by Gasteiger charge is 2.26. The number of ether oxygens (including phenoxy) is 2. The summed E-state index contributed by atoms with van der Waals surface area (Å²) in [5.74, 6) is 5.60. The maximum atomic E-state index is 5.70. The van der Waals surface area contributed by atoms with Crippen molar-refractivity contribution in [3.8, 4) is 0 Å². The predicted molar refractivity (Wildman–Crippen MR) is 102 cm³/mol. The van der Waals surface area contributed by atoms with E-state index in [-0.39, 0.29) is 6.10 Å². The number of aryl methyl sites for hydroxylation is 1. The molecule has 2 aliphatic heterocycles. The second-order valence-corrected chi connectivity index (χ2v) is 6.76. The second-order valence-electron chi connectivity index (χ2n) is 6.76. The molecule has 6 nitrogen and oxygen atoms in total. The van der Waals surface area contributed by atoms with Crippen molar-refractivity contribution in [2.45, 2.75) is 38.4 Å². The van der Waals surface area contributed by atoms with Gasteiger partial charge in [-0.15, -0.1) is 0 Å². The van der Waals surface area contributed by atoms with Crippen LogP contribution < -0.4 is 10.7 Å². The van der Waals surface area contributed by atoms with E-state index in [1.807, 2.05) is 0 Å². The fourth-order valence-electron chi connectivity index (χ4n) is 3.31. The van der Waals surface area contributed by atoms with E-state index in [0.29, 0.717) is 18.4 Å². The third-order valence-electron chi connectivity index (χ3n) is 4.97. The zero-order valence-electron chi connectivity index (χ0n) is 15.1. The Labute approximate surface area is 149 Å². The molecular weight excluding hydrogens is 316 g/mol. The molecule has 2 N–H and O–H groups in total. The van der Waals surface area contributed by atoms with Gasteiger partial charge in [-0.05, 0) is 43.9 Å². The topological polar surface area (TPSA) is 72.4 Å². The van der Waals surface area contributed by atoms with Crippen molar-refractivity contribution in [2.75, 3.05) is 38.3 Å². The fraction of sp³-hybridized carbons (Fsp3) is 0.579. The number of hydrazone groups is 1. The van der Waals surface area contributed by atoms with Crippen LogP contribution in [-0.4, -0.2) is 57.5 Å². The molecule has 2 fully saturated rings. The number of hydrogen-bond acceptors (Lipinski definition) is 6. The third kappa shape index (κ3) is 4.38. The van der Waals surface area contributed by atoms with Crippen LogP contribution in [0, 0.1) is 6.92 Å². The summed E-state index contributed by atoms with van der Waals surface area (Å²) >= 11 is 0. The van der Waals surface area contributed by atoms with Crippen molar-refractivity contribution >= 4 is 17.6 Å². The van der Waals surface area contributed by atoms with E-state index >= 15 is 0 Å². The summed E-state index contributed by atoms with van der Waals surface area (Å²) in [4.78, 5) is 6.81. The number of anilines is 1. The Hall–Kier alpha value is -1.92. The average molecular weight is 344 g/mol. The van der Waals surface area contributed by atoms with Crippen LogP contribution in [0.15, 0.2) is 28.3 Å². The molecule has 1 aromatic rings. The van der Waals surface area contributed by atoms with Crippen LogP contribution >= 0.6 is 0 Å². The van der Waals surface area contributed by atoms with Crippen LogP contribution in [-0.2, 0) is 9.47 Å². The first kappa shape index (κ1) is 17.9. The minimum Gasteiger partial charge on any atom is -0.378 e. The molecule has 2 aliphatic rings. The van der Waals surface area contributed by atoms with Crippen LogP contribution in [0.5, 0.6) is 0 Å². The zero-order valence-corrected chi connectivity index (χ0v) is 15.1. The van der Waals surface area contributed by atoms with Gasteiger partial charge in [-0.25, -0.2) is 0 Å². The number of rotatable bonds is 6. The zero-order chi connectivity index (χ0) is 17.6. The average Bonchev–Trinajstić information content (AvgIpc) is 2.60. The van der Waals surface area contributed by atoms with Gasteiger partial charge in [0.25, 0.3) is 0 Å². The van der Waals surface area contributed by atoms with Gasteiger partial charge in [-0.3, -0.25) is 4.99 Å². The summed E-state index contributed by atoms with van der Waals surface area (Å²) in [5, 5.41) is 3.93. The van der Waals surface area contributed by atoms with E-state index in [0.717, 1.165) is 43.7 Å². The van der Waals surface area contributed by atoms with E-state index in [1.54, 1.807) is 13.3 Å². The highest BCUT2D eigenvalue weighted by atomic mass is 16.5. The maximum Gasteiger partial charge on any atom is 0.108 e. The highest BCUT2D eigenvalue weighted by molar-refractivity contribution is 6.38. The molecule has 0 saturated carbocycles. The Kier molecular flexibility index (Phi) is 6.04. The van der Waals surface area contributed by atoms with Crippen molar-refractivity contribution in [2.24, 2.45) is 15.9 Å². The Balaban J connectivity index is 1.62. The first-order chi connectivity index (χ1) is 12.2. The number of aliphatic imine (C=N–C) groups is 1. The molecule has 25 heavy (non-hydrogen) atoms. The molecule has 0 bridgehead atoms. The third-order valence-corrected chi connectivity index (χ3v) is 4.97. The molecule has 0 aromatic heterocycles. The van der Waals surface area contributed by atoms with Gasteiger partial charge in [0, 0.05) is 44.3 Å². The van der Waals surface area contributed by atoms with Crippen LogP contribution in [0.25, 0.3) is 0 Å². The molecule has 0 amide bonds. The molecule has 3 rings (SSSR count). The lowest BCUT2D eigenvalue weighted by atomic mass is 10.0. The lowest BCUT2D eigenvalue weighted by Gasteiger charge is -2.40. The van der Waals surface area contributed by atoms with Crippen molar-refractivity contribution in [1.82, 2.24) is 0 Å². The van der Waals surface area contributed by atoms with E-state index in [9.17, 15) is 0 Å². The molecule has 1 unspecified atom stereocenters. The Morgan fingerprint density at radius 3 is 2.88 bits per heavy atom. The Morgan fingerprint density at radius 2 is 2.24 bits per heavy atom. The van der Waals surface area contributed by atoms with E-state index in [4.69, 9.17) is 15.3 Å². The standard InChI is InChI=1S/C19H28N4O2/c1-14-9-15(23-12-17(13-23)24-2)6-7-18(14)19(22-20)11-21-10-16-5-3-4-8-25-16/h6-7,9,11,16-17H,3-5,8,10,12-13,20H2,1-2H3/b21-11?,22-19+. The molecule has 0 spiro atoms. The predicted octanol–water partition coefficient (Wildman–Crippen LogP) is 2.13. The molecule has 136 valence electrons. The van der Waals surface area contributed by atoms with Gasteiger partial charge in [0.2, 0.25) is 0 Å².